The number of benzene rings is 2. The molecule has 1 amide bonds. The number of nitrogens with one attached hydrogen (secondary N) is 1. The quantitative estimate of drug-likeness (QED) is 0.551. The molecule has 0 aliphatic rings. The van der Waals surface area contributed by atoms with Crippen molar-refractivity contribution in [3.63, 3.8) is 0 Å². The van der Waals surface area contributed by atoms with Gasteiger partial charge >= 0.3 is 0 Å². The van der Waals surface area contributed by atoms with Crippen molar-refractivity contribution < 1.29 is 37.7 Å². The van der Waals surface area contributed by atoms with Crippen LogP contribution in [0.3, 0.4) is 0 Å². The van der Waals surface area contributed by atoms with Crippen molar-refractivity contribution in [2.75, 3.05) is 28.4 Å². The second-order valence-corrected chi connectivity index (χ2v) is 5.41. The van der Waals surface area contributed by atoms with E-state index in [-0.39, 0.29) is 39.7 Å². The summed E-state index contributed by atoms with van der Waals surface area (Å²) in [5.41, 5.74) is 0.997. The molecule has 0 aliphatic carbocycles. The SMILES string of the molecule is COc1ccc(C(=C(F)F)c2cc(OC)c(OC)c(OC)c2)cc1C(=O)NO. The minimum absolute atomic E-state index is 0.0219. The third-order valence-corrected chi connectivity index (χ3v) is 3.98. The molecule has 2 rings (SSSR count). The minimum Gasteiger partial charge on any atom is -0.496 e. The van der Waals surface area contributed by atoms with Crippen LogP contribution >= 0.6 is 0 Å². The van der Waals surface area contributed by atoms with Gasteiger partial charge in [-0.3, -0.25) is 10.0 Å². The molecular weight excluding hydrogens is 376 g/mol. The smallest absolute Gasteiger partial charge is 0.278 e. The fraction of sp³-hybridized carbons (Fsp3) is 0.211. The Morgan fingerprint density at radius 1 is 0.857 bits per heavy atom. The van der Waals surface area contributed by atoms with Crippen LogP contribution in [0.5, 0.6) is 23.0 Å². The van der Waals surface area contributed by atoms with E-state index in [0.29, 0.717) is 0 Å². The van der Waals surface area contributed by atoms with Gasteiger partial charge in [-0.1, -0.05) is 6.07 Å². The number of carbonyl (C=O) groups excluding carboxylic acids is 1. The largest absolute Gasteiger partial charge is 0.496 e. The van der Waals surface area contributed by atoms with E-state index in [2.05, 4.69) is 0 Å². The summed E-state index contributed by atoms with van der Waals surface area (Å²) < 4.78 is 48.5. The number of hydroxylamine groups is 1. The van der Waals surface area contributed by atoms with E-state index in [1.807, 2.05) is 0 Å². The molecule has 0 spiro atoms. The van der Waals surface area contributed by atoms with E-state index >= 15 is 0 Å². The Morgan fingerprint density at radius 3 is 1.86 bits per heavy atom. The second-order valence-electron chi connectivity index (χ2n) is 5.41. The molecule has 7 nitrogen and oxygen atoms in total. The van der Waals surface area contributed by atoms with E-state index < -0.39 is 17.6 Å². The molecule has 0 saturated heterocycles. The maximum Gasteiger partial charge on any atom is 0.278 e. The molecule has 28 heavy (non-hydrogen) atoms. The molecule has 0 saturated carbocycles. The molecule has 0 bridgehead atoms. The number of hydrogen-bond donors (Lipinski definition) is 2. The Kier molecular flexibility index (Phi) is 6.78. The lowest BCUT2D eigenvalue weighted by molar-refractivity contribution is 0.0703. The molecule has 2 aromatic rings. The molecule has 0 aromatic heterocycles. The Bertz CT molecular complexity index is 884. The molecule has 150 valence electrons. The predicted molar refractivity (Wildman–Crippen MR) is 96.6 cm³/mol. The molecule has 2 aromatic carbocycles. The number of ether oxygens (including phenoxy) is 4. The molecular formula is C19H19F2NO6. The fourth-order valence-electron chi connectivity index (χ4n) is 2.71. The summed E-state index contributed by atoms with van der Waals surface area (Å²) in [5, 5.41) is 8.90. The van der Waals surface area contributed by atoms with Crippen LogP contribution in [0.4, 0.5) is 8.78 Å². The summed E-state index contributed by atoms with van der Waals surface area (Å²) in [6.45, 7) is 0. The average Bonchev–Trinajstić information content (AvgIpc) is 2.71. The number of carbonyl (C=O) groups is 1. The van der Waals surface area contributed by atoms with Crippen molar-refractivity contribution in [1.29, 1.82) is 0 Å². The lowest BCUT2D eigenvalue weighted by Crippen LogP contribution is -2.19. The van der Waals surface area contributed by atoms with Gasteiger partial charge < -0.3 is 18.9 Å². The van der Waals surface area contributed by atoms with Crippen LogP contribution in [0.2, 0.25) is 0 Å². The number of hydrogen-bond acceptors (Lipinski definition) is 6. The van der Waals surface area contributed by atoms with Crippen LogP contribution < -0.4 is 24.4 Å². The van der Waals surface area contributed by atoms with E-state index in [1.165, 1.54) is 64.3 Å². The van der Waals surface area contributed by atoms with Gasteiger partial charge in [0.25, 0.3) is 12.0 Å². The van der Waals surface area contributed by atoms with Crippen LogP contribution in [-0.4, -0.2) is 39.6 Å². The van der Waals surface area contributed by atoms with Gasteiger partial charge in [-0.05, 0) is 35.4 Å². The normalized spacial score (nSPS) is 10.1. The van der Waals surface area contributed by atoms with Crippen LogP contribution in [0.1, 0.15) is 21.5 Å². The maximum atomic E-state index is 13.9. The maximum absolute atomic E-state index is 13.9. The van der Waals surface area contributed by atoms with Crippen molar-refractivity contribution in [1.82, 2.24) is 5.48 Å². The van der Waals surface area contributed by atoms with Crippen LogP contribution in [0.15, 0.2) is 36.4 Å². The first kappa shape index (κ1) is 21.0. The Balaban J connectivity index is 2.72. The monoisotopic (exact) mass is 395 g/mol. The summed E-state index contributed by atoms with van der Waals surface area (Å²) >= 11 is 0. The highest BCUT2D eigenvalue weighted by atomic mass is 19.3. The molecule has 0 radical (unpaired) electrons. The Morgan fingerprint density at radius 2 is 1.43 bits per heavy atom. The first-order chi connectivity index (χ1) is 13.4. The highest BCUT2D eigenvalue weighted by Crippen LogP contribution is 2.42. The van der Waals surface area contributed by atoms with Gasteiger partial charge in [0.05, 0.1) is 39.6 Å². The summed E-state index contributed by atoms with van der Waals surface area (Å²) in [4.78, 5) is 11.9. The van der Waals surface area contributed by atoms with E-state index in [4.69, 9.17) is 24.2 Å². The lowest BCUT2D eigenvalue weighted by atomic mass is 9.96. The Labute approximate surface area is 160 Å². The van der Waals surface area contributed by atoms with Crippen LogP contribution in [0, 0.1) is 0 Å². The van der Waals surface area contributed by atoms with Gasteiger partial charge in [0.1, 0.15) is 5.75 Å². The zero-order chi connectivity index (χ0) is 20.8. The van der Waals surface area contributed by atoms with Crippen molar-refractivity contribution >= 4 is 11.5 Å². The topological polar surface area (TPSA) is 86.2 Å². The van der Waals surface area contributed by atoms with Crippen molar-refractivity contribution in [3.05, 3.63) is 53.1 Å². The van der Waals surface area contributed by atoms with Gasteiger partial charge in [0.15, 0.2) is 11.5 Å². The summed E-state index contributed by atoms with van der Waals surface area (Å²) in [5.74, 6) is -0.154. The fourth-order valence-corrected chi connectivity index (χ4v) is 2.71. The molecule has 0 unspecified atom stereocenters. The predicted octanol–water partition coefficient (Wildman–Crippen LogP) is 3.50. The molecule has 0 fully saturated rings. The highest BCUT2D eigenvalue weighted by molar-refractivity contribution is 5.98. The zero-order valence-corrected chi connectivity index (χ0v) is 15.6. The van der Waals surface area contributed by atoms with Crippen LogP contribution in [-0.2, 0) is 0 Å². The minimum atomic E-state index is -1.99. The van der Waals surface area contributed by atoms with Crippen molar-refractivity contribution in [2.24, 2.45) is 0 Å². The molecule has 0 aliphatic heterocycles. The number of halogens is 2. The van der Waals surface area contributed by atoms with Gasteiger partial charge in [-0.25, -0.2) is 5.48 Å². The van der Waals surface area contributed by atoms with Gasteiger partial charge in [0.2, 0.25) is 5.75 Å². The first-order valence-electron chi connectivity index (χ1n) is 7.90. The van der Waals surface area contributed by atoms with Crippen LogP contribution in [0.25, 0.3) is 5.57 Å². The molecule has 9 heteroatoms. The average molecular weight is 395 g/mol. The third-order valence-electron chi connectivity index (χ3n) is 3.98. The van der Waals surface area contributed by atoms with E-state index in [9.17, 15) is 13.6 Å². The van der Waals surface area contributed by atoms with Gasteiger partial charge in [-0.15, -0.1) is 0 Å². The standard InChI is InChI=1S/C19H19F2NO6/c1-25-13-6-5-10(7-12(13)19(23)22-24)16(18(20)21)11-8-14(26-2)17(28-4)15(9-11)27-3/h5-9,24H,1-4H3,(H,22,23). The lowest BCUT2D eigenvalue weighted by Gasteiger charge is -2.16. The number of methoxy groups -OCH3 is 4. The van der Waals surface area contributed by atoms with E-state index in [0.717, 1.165) is 0 Å². The number of amides is 1. The second kappa shape index (κ2) is 9.05. The molecule has 0 heterocycles. The summed E-state index contributed by atoms with van der Waals surface area (Å²) in [6.07, 6.45) is -1.99. The van der Waals surface area contributed by atoms with Gasteiger partial charge in [0, 0.05) is 0 Å². The van der Waals surface area contributed by atoms with E-state index in [1.54, 1.807) is 0 Å². The highest BCUT2D eigenvalue weighted by Gasteiger charge is 2.21. The van der Waals surface area contributed by atoms with Crippen molar-refractivity contribution in [2.45, 2.75) is 0 Å². The Hall–Kier alpha value is -3.33. The van der Waals surface area contributed by atoms with Crippen molar-refractivity contribution in [3.8, 4) is 23.0 Å². The summed E-state index contributed by atoms with van der Waals surface area (Å²) in [6, 6.07) is 6.63. The molecule has 0 atom stereocenters. The zero-order valence-electron chi connectivity index (χ0n) is 15.6. The summed E-state index contributed by atoms with van der Waals surface area (Å²) in [7, 11) is 5.45. The first-order valence-corrected chi connectivity index (χ1v) is 7.90. The number of rotatable bonds is 7. The molecule has 2 N–H and O–H groups in total. The third kappa shape index (κ3) is 3.99. The van der Waals surface area contributed by atoms with Gasteiger partial charge in [-0.2, -0.15) is 8.78 Å².